The third-order valence-electron chi connectivity index (χ3n) is 5.19. The van der Waals surface area contributed by atoms with Gasteiger partial charge in [-0.3, -0.25) is 4.99 Å². The van der Waals surface area contributed by atoms with Crippen LogP contribution in [0.15, 0.2) is 58.0 Å². The van der Waals surface area contributed by atoms with Crippen LogP contribution in [0, 0.1) is 6.92 Å². The lowest BCUT2D eigenvalue weighted by molar-refractivity contribution is 0.151. The third-order valence-corrected chi connectivity index (χ3v) is 5.19. The first kappa shape index (κ1) is 14.6. The molecule has 4 heteroatoms. The number of nitrogens with zero attached hydrogens (tertiary/aromatic N) is 2. The van der Waals surface area contributed by atoms with E-state index in [1.807, 2.05) is 31.2 Å². The minimum atomic E-state index is -0.605. The monoisotopic (exact) mass is 330 g/mol. The molecule has 5 rings (SSSR count). The molecule has 1 aromatic heterocycles. The van der Waals surface area contributed by atoms with Gasteiger partial charge in [-0.1, -0.05) is 53.7 Å². The fraction of sp³-hybridized carbons (Fsp3) is 0.238. The number of hydrogen-bond acceptors (Lipinski definition) is 4. The van der Waals surface area contributed by atoms with Crippen LogP contribution in [-0.4, -0.2) is 16.0 Å². The van der Waals surface area contributed by atoms with Gasteiger partial charge in [0, 0.05) is 11.1 Å². The van der Waals surface area contributed by atoms with Crippen molar-refractivity contribution in [2.45, 2.75) is 31.9 Å². The first-order chi connectivity index (χ1) is 12.2. The Morgan fingerprint density at radius 3 is 2.44 bits per heavy atom. The minimum Gasteiger partial charge on any atom is -0.385 e. The number of rotatable bonds is 2. The van der Waals surface area contributed by atoms with E-state index in [9.17, 15) is 5.11 Å². The van der Waals surface area contributed by atoms with Crippen molar-refractivity contribution < 1.29 is 9.63 Å². The third kappa shape index (κ3) is 2.25. The summed E-state index contributed by atoms with van der Waals surface area (Å²) < 4.78 is 5.49. The van der Waals surface area contributed by atoms with Crippen molar-refractivity contribution in [3.63, 3.8) is 0 Å². The molecule has 0 amide bonds. The largest absolute Gasteiger partial charge is 0.385 e. The quantitative estimate of drug-likeness (QED) is 0.773. The average molecular weight is 330 g/mol. The van der Waals surface area contributed by atoms with Gasteiger partial charge in [-0.25, -0.2) is 0 Å². The number of aliphatic imine (C=N–C) groups is 1. The van der Waals surface area contributed by atoms with Crippen molar-refractivity contribution in [1.29, 1.82) is 0 Å². The fourth-order valence-corrected chi connectivity index (χ4v) is 3.61. The predicted octanol–water partition coefficient (Wildman–Crippen LogP) is 3.98. The maximum Gasteiger partial charge on any atom is 0.166 e. The summed E-state index contributed by atoms with van der Waals surface area (Å²) in [6.45, 7) is 2.45. The lowest BCUT2D eigenvalue weighted by atomic mass is 9.92. The van der Waals surface area contributed by atoms with Crippen molar-refractivity contribution in [2.24, 2.45) is 4.99 Å². The Bertz CT molecular complexity index is 995. The van der Waals surface area contributed by atoms with Gasteiger partial charge >= 0.3 is 0 Å². The second-order valence-corrected chi connectivity index (χ2v) is 6.89. The number of fused-ring (bicyclic) bond motifs is 3. The van der Waals surface area contributed by atoms with Crippen molar-refractivity contribution in [3.05, 3.63) is 76.7 Å². The molecule has 1 aliphatic heterocycles. The van der Waals surface area contributed by atoms with E-state index in [4.69, 9.17) is 9.52 Å². The molecular weight excluding hydrogens is 312 g/mol. The highest BCUT2D eigenvalue weighted by Crippen LogP contribution is 2.45. The summed E-state index contributed by atoms with van der Waals surface area (Å²) >= 11 is 0. The van der Waals surface area contributed by atoms with Gasteiger partial charge in [-0.15, -0.1) is 0 Å². The van der Waals surface area contributed by atoms with Crippen LogP contribution in [0.4, 0.5) is 0 Å². The van der Waals surface area contributed by atoms with E-state index in [0.717, 1.165) is 57.8 Å². The molecule has 0 unspecified atom stereocenters. The van der Waals surface area contributed by atoms with Crippen LogP contribution in [0.1, 0.15) is 41.0 Å². The maximum atomic E-state index is 10.3. The average Bonchev–Trinajstić information content (AvgIpc) is 3.33. The van der Waals surface area contributed by atoms with Gasteiger partial charge in [0.05, 0.1) is 22.6 Å². The molecule has 2 aliphatic rings. The summed E-state index contributed by atoms with van der Waals surface area (Å²) in [5.41, 5.74) is 6.54. The molecule has 124 valence electrons. The van der Waals surface area contributed by atoms with Gasteiger partial charge in [0.25, 0.3) is 0 Å². The zero-order valence-electron chi connectivity index (χ0n) is 14.0. The van der Waals surface area contributed by atoms with Crippen molar-refractivity contribution in [2.75, 3.05) is 0 Å². The van der Waals surface area contributed by atoms with E-state index in [1.54, 1.807) is 0 Å². The van der Waals surface area contributed by atoms with E-state index in [0.29, 0.717) is 6.54 Å². The molecule has 1 aliphatic carbocycles. The van der Waals surface area contributed by atoms with E-state index >= 15 is 0 Å². The Kier molecular flexibility index (Phi) is 3.00. The first-order valence-electron chi connectivity index (χ1n) is 8.58. The molecule has 2 aromatic carbocycles. The predicted molar refractivity (Wildman–Crippen MR) is 95.6 cm³/mol. The van der Waals surface area contributed by atoms with Gasteiger partial charge < -0.3 is 9.63 Å². The van der Waals surface area contributed by atoms with Gasteiger partial charge in [0.15, 0.2) is 5.76 Å². The van der Waals surface area contributed by atoms with Gasteiger partial charge in [-0.05, 0) is 30.9 Å². The molecule has 1 fully saturated rings. The molecule has 0 atom stereocenters. The topological polar surface area (TPSA) is 58.6 Å². The van der Waals surface area contributed by atoms with Crippen LogP contribution in [-0.2, 0) is 12.1 Å². The Labute approximate surface area is 145 Å². The number of aryl methyl sites for hydroxylation is 1. The Morgan fingerprint density at radius 1 is 1.00 bits per heavy atom. The van der Waals surface area contributed by atoms with E-state index in [-0.39, 0.29) is 0 Å². The standard InChI is InChI=1S/C21H18N2O2/c1-13-19-16-4-2-3-5-17(16)20(22-12-18(19)25-23-13)14-6-8-15(9-7-14)21(24)10-11-21/h2-9,24H,10-12H2,1H3. The highest BCUT2D eigenvalue weighted by Gasteiger charge is 2.41. The molecule has 0 radical (unpaired) electrons. The Hall–Kier alpha value is -2.72. The van der Waals surface area contributed by atoms with Crippen LogP contribution in [0.3, 0.4) is 0 Å². The Balaban J connectivity index is 1.64. The summed E-state index contributed by atoms with van der Waals surface area (Å²) in [6, 6.07) is 16.4. The summed E-state index contributed by atoms with van der Waals surface area (Å²) in [5.74, 6) is 0.809. The highest BCUT2D eigenvalue weighted by atomic mass is 16.5. The zero-order valence-corrected chi connectivity index (χ0v) is 14.0. The fourth-order valence-electron chi connectivity index (χ4n) is 3.61. The Morgan fingerprint density at radius 2 is 1.72 bits per heavy atom. The van der Waals surface area contributed by atoms with E-state index in [2.05, 4.69) is 29.4 Å². The molecule has 2 heterocycles. The second kappa shape index (κ2) is 5.14. The zero-order chi connectivity index (χ0) is 17.0. The highest BCUT2D eigenvalue weighted by molar-refractivity contribution is 6.17. The minimum absolute atomic E-state index is 0.478. The maximum absolute atomic E-state index is 10.3. The molecule has 0 bridgehead atoms. The summed E-state index contributed by atoms with van der Waals surface area (Å²) in [6.07, 6.45) is 1.70. The lowest BCUT2D eigenvalue weighted by Gasteiger charge is -2.12. The number of hydrogen-bond donors (Lipinski definition) is 1. The molecular formula is C21H18N2O2. The number of benzene rings is 2. The van der Waals surface area contributed by atoms with Crippen molar-refractivity contribution in [1.82, 2.24) is 5.16 Å². The smallest absolute Gasteiger partial charge is 0.166 e. The van der Waals surface area contributed by atoms with Crippen LogP contribution in [0.5, 0.6) is 0 Å². The van der Waals surface area contributed by atoms with E-state index in [1.165, 1.54) is 0 Å². The molecule has 0 saturated heterocycles. The van der Waals surface area contributed by atoms with Crippen LogP contribution < -0.4 is 0 Å². The van der Waals surface area contributed by atoms with Crippen LogP contribution in [0.25, 0.3) is 11.1 Å². The van der Waals surface area contributed by atoms with Crippen molar-refractivity contribution >= 4 is 5.71 Å². The van der Waals surface area contributed by atoms with Gasteiger partial charge in [0.2, 0.25) is 0 Å². The SMILES string of the molecule is Cc1noc2c1-c1ccccc1C(c1ccc(C3(O)CC3)cc1)=NC2. The summed E-state index contributed by atoms with van der Waals surface area (Å²) in [5, 5.41) is 14.4. The van der Waals surface area contributed by atoms with Gasteiger partial charge in [0.1, 0.15) is 6.54 Å². The van der Waals surface area contributed by atoms with Crippen molar-refractivity contribution in [3.8, 4) is 11.1 Å². The van der Waals surface area contributed by atoms with Crippen LogP contribution >= 0.6 is 0 Å². The number of aliphatic hydroxyl groups is 1. The lowest BCUT2D eigenvalue weighted by Crippen LogP contribution is -2.07. The van der Waals surface area contributed by atoms with E-state index < -0.39 is 5.60 Å². The first-order valence-corrected chi connectivity index (χ1v) is 8.58. The number of aromatic nitrogens is 1. The molecule has 0 spiro atoms. The molecule has 25 heavy (non-hydrogen) atoms. The molecule has 1 N–H and O–H groups in total. The molecule has 4 nitrogen and oxygen atoms in total. The normalized spacial score (nSPS) is 17.3. The van der Waals surface area contributed by atoms with Gasteiger partial charge in [-0.2, -0.15) is 0 Å². The summed E-state index contributed by atoms with van der Waals surface area (Å²) in [4.78, 5) is 4.82. The van der Waals surface area contributed by atoms with Crippen LogP contribution in [0.2, 0.25) is 0 Å². The summed E-state index contributed by atoms with van der Waals surface area (Å²) in [7, 11) is 0. The molecule has 1 saturated carbocycles. The second-order valence-electron chi connectivity index (χ2n) is 6.89. The molecule has 3 aromatic rings.